The molecule has 0 saturated carbocycles. The molecule has 2 amide bonds. The third-order valence-corrected chi connectivity index (χ3v) is 5.31. The van der Waals surface area contributed by atoms with Crippen LogP contribution in [-0.2, 0) is 4.79 Å². The maximum absolute atomic E-state index is 13.8. The molecule has 0 aliphatic rings. The SMILES string of the molecule is Cc1cc([C@@H](C)NC(=O)[C@@H](NC(=O)c2c(F)cccc2F)C(C)C)c(C)s1. The molecule has 0 unspecified atom stereocenters. The van der Waals surface area contributed by atoms with Gasteiger partial charge >= 0.3 is 0 Å². The zero-order valence-electron chi connectivity index (χ0n) is 16.0. The number of carbonyl (C=O) groups is 2. The summed E-state index contributed by atoms with van der Waals surface area (Å²) in [4.78, 5) is 27.3. The Bertz CT molecular complexity index is 828. The Kier molecular flexibility index (Phi) is 6.70. The molecular formula is C20H24F2N2O2S. The van der Waals surface area contributed by atoms with Gasteiger partial charge < -0.3 is 10.6 Å². The van der Waals surface area contributed by atoms with E-state index in [1.54, 1.807) is 25.2 Å². The molecule has 7 heteroatoms. The molecule has 2 aromatic rings. The summed E-state index contributed by atoms with van der Waals surface area (Å²) in [5.41, 5.74) is 0.327. The van der Waals surface area contributed by atoms with Crippen molar-refractivity contribution >= 4 is 23.2 Å². The van der Waals surface area contributed by atoms with Crippen molar-refractivity contribution in [3.63, 3.8) is 0 Å². The first-order valence-electron chi connectivity index (χ1n) is 8.74. The molecule has 1 heterocycles. The van der Waals surface area contributed by atoms with Crippen LogP contribution < -0.4 is 10.6 Å². The van der Waals surface area contributed by atoms with E-state index in [1.807, 2.05) is 26.8 Å². The van der Waals surface area contributed by atoms with Crippen LogP contribution in [0.4, 0.5) is 8.78 Å². The number of benzene rings is 1. The van der Waals surface area contributed by atoms with Crippen LogP contribution in [0.5, 0.6) is 0 Å². The average Bonchev–Trinajstić information content (AvgIpc) is 2.90. The van der Waals surface area contributed by atoms with E-state index in [1.165, 1.54) is 6.07 Å². The van der Waals surface area contributed by atoms with E-state index in [4.69, 9.17) is 0 Å². The highest BCUT2D eigenvalue weighted by atomic mass is 32.1. The number of halogens is 2. The predicted molar refractivity (Wildman–Crippen MR) is 103 cm³/mol. The van der Waals surface area contributed by atoms with Crippen LogP contribution in [0, 0.1) is 31.4 Å². The van der Waals surface area contributed by atoms with Crippen molar-refractivity contribution in [1.29, 1.82) is 0 Å². The fourth-order valence-electron chi connectivity index (χ4n) is 2.92. The normalized spacial score (nSPS) is 13.3. The highest BCUT2D eigenvalue weighted by Gasteiger charge is 2.28. The monoisotopic (exact) mass is 394 g/mol. The van der Waals surface area contributed by atoms with Gasteiger partial charge in [-0.15, -0.1) is 11.3 Å². The van der Waals surface area contributed by atoms with Gasteiger partial charge in [0.1, 0.15) is 23.2 Å². The van der Waals surface area contributed by atoms with Gasteiger partial charge in [0.15, 0.2) is 0 Å². The molecule has 0 bridgehead atoms. The molecule has 0 spiro atoms. The lowest BCUT2D eigenvalue weighted by molar-refractivity contribution is -0.124. The highest BCUT2D eigenvalue weighted by Crippen LogP contribution is 2.26. The van der Waals surface area contributed by atoms with Crippen LogP contribution in [0.2, 0.25) is 0 Å². The molecule has 0 aliphatic heterocycles. The molecule has 1 aromatic heterocycles. The second-order valence-corrected chi connectivity index (χ2v) is 8.35. The Labute approximate surface area is 162 Å². The zero-order chi connectivity index (χ0) is 20.3. The third kappa shape index (κ3) is 4.91. The van der Waals surface area contributed by atoms with Crippen LogP contribution >= 0.6 is 11.3 Å². The number of aryl methyl sites for hydroxylation is 2. The van der Waals surface area contributed by atoms with E-state index in [2.05, 4.69) is 10.6 Å². The predicted octanol–water partition coefficient (Wildman–Crippen LogP) is 4.27. The van der Waals surface area contributed by atoms with E-state index >= 15 is 0 Å². The van der Waals surface area contributed by atoms with Crippen molar-refractivity contribution in [2.45, 2.75) is 46.7 Å². The Morgan fingerprint density at radius 3 is 2.11 bits per heavy atom. The standard InChI is InChI=1S/C20H24F2N2O2S/c1-10(2)18(24-19(25)17-15(21)7-6-8-16(17)22)20(26)23-12(4)14-9-11(3)27-13(14)5/h6-10,12,18H,1-5H3,(H,23,26)(H,24,25)/t12-,18+/m1/s1. The minimum atomic E-state index is -0.965. The van der Waals surface area contributed by atoms with Crippen LogP contribution in [-0.4, -0.2) is 17.9 Å². The molecule has 2 N–H and O–H groups in total. The van der Waals surface area contributed by atoms with Gasteiger partial charge in [-0.25, -0.2) is 8.78 Å². The molecule has 1 aromatic carbocycles. The first-order valence-corrected chi connectivity index (χ1v) is 9.55. The second kappa shape index (κ2) is 8.61. The van der Waals surface area contributed by atoms with E-state index in [9.17, 15) is 18.4 Å². The second-order valence-electron chi connectivity index (χ2n) is 6.89. The Morgan fingerprint density at radius 1 is 1.04 bits per heavy atom. The van der Waals surface area contributed by atoms with Gasteiger partial charge in [0.2, 0.25) is 5.91 Å². The molecule has 2 atom stereocenters. The molecule has 0 aliphatic carbocycles. The summed E-state index contributed by atoms with van der Waals surface area (Å²) in [6, 6.07) is 4.05. The molecule has 0 fully saturated rings. The van der Waals surface area contributed by atoms with Crippen LogP contribution in [0.15, 0.2) is 24.3 Å². The van der Waals surface area contributed by atoms with Crippen molar-refractivity contribution in [3.8, 4) is 0 Å². The van der Waals surface area contributed by atoms with Gasteiger partial charge in [-0.1, -0.05) is 19.9 Å². The van der Waals surface area contributed by atoms with E-state index in [0.717, 1.165) is 27.5 Å². The zero-order valence-corrected chi connectivity index (χ0v) is 16.8. The summed E-state index contributed by atoms with van der Waals surface area (Å²) in [7, 11) is 0. The number of nitrogens with one attached hydrogen (secondary N) is 2. The Morgan fingerprint density at radius 2 is 1.63 bits per heavy atom. The molecule has 0 radical (unpaired) electrons. The van der Waals surface area contributed by atoms with Crippen molar-refractivity contribution < 1.29 is 18.4 Å². The average molecular weight is 394 g/mol. The summed E-state index contributed by atoms with van der Waals surface area (Å²) in [5.74, 6) is -3.54. The van der Waals surface area contributed by atoms with Crippen LogP contribution in [0.3, 0.4) is 0 Å². The minimum Gasteiger partial charge on any atom is -0.348 e. The molecule has 0 saturated heterocycles. The van der Waals surface area contributed by atoms with E-state index in [0.29, 0.717) is 0 Å². The van der Waals surface area contributed by atoms with Gasteiger partial charge in [0, 0.05) is 9.75 Å². The fraction of sp³-hybridized carbons (Fsp3) is 0.400. The molecule has 4 nitrogen and oxygen atoms in total. The lowest BCUT2D eigenvalue weighted by Gasteiger charge is -2.24. The summed E-state index contributed by atoms with van der Waals surface area (Å²) in [5, 5.41) is 5.35. The lowest BCUT2D eigenvalue weighted by Crippen LogP contribution is -2.50. The Hall–Kier alpha value is -2.28. The first-order chi connectivity index (χ1) is 12.6. The lowest BCUT2D eigenvalue weighted by atomic mass is 10.0. The molecule has 146 valence electrons. The number of hydrogen-bond acceptors (Lipinski definition) is 3. The van der Waals surface area contributed by atoms with E-state index < -0.39 is 35.1 Å². The smallest absolute Gasteiger partial charge is 0.257 e. The van der Waals surface area contributed by atoms with Crippen molar-refractivity contribution in [2.75, 3.05) is 0 Å². The van der Waals surface area contributed by atoms with E-state index in [-0.39, 0.29) is 12.0 Å². The van der Waals surface area contributed by atoms with Gasteiger partial charge in [-0.2, -0.15) is 0 Å². The quantitative estimate of drug-likeness (QED) is 0.769. The highest BCUT2D eigenvalue weighted by molar-refractivity contribution is 7.12. The number of carbonyl (C=O) groups excluding carboxylic acids is 2. The summed E-state index contributed by atoms with van der Waals surface area (Å²) in [6.45, 7) is 9.36. The number of amides is 2. The maximum Gasteiger partial charge on any atom is 0.257 e. The van der Waals surface area contributed by atoms with Gasteiger partial charge in [-0.05, 0) is 50.5 Å². The van der Waals surface area contributed by atoms with Gasteiger partial charge in [0.05, 0.1) is 6.04 Å². The number of thiophene rings is 1. The van der Waals surface area contributed by atoms with Crippen LogP contribution in [0.25, 0.3) is 0 Å². The largest absolute Gasteiger partial charge is 0.348 e. The maximum atomic E-state index is 13.8. The van der Waals surface area contributed by atoms with Crippen molar-refractivity contribution in [3.05, 3.63) is 56.8 Å². The Balaban J connectivity index is 2.15. The third-order valence-electron chi connectivity index (χ3n) is 4.33. The van der Waals surface area contributed by atoms with Crippen molar-refractivity contribution in [1.82, 2.24) is 10.6 Å². The molecular weight excluding hydrogens is 370 g/mol. The van der Waals surface area contributed by atoms with Crippen molar-refractivity contribution in [2.24, 2.45) is 5.92 Å². The van der Waals surface area contributed by atoms with Gasteiger partial charge in [-0.3, -0.25) is 9.59 Å². The molecule has 2 rings (SSSR count). The van der Waals surface area contributed by atoms with Crippen LogP contribution in [0.1, 0.15) is 52.5 Å². The summed E-state index contributed by atoms with van der Waals surface area (Å²) in [6.07, 6.45) is 0. The minimum absolute atomic E-state index is 0.245. The first kappa shape index (κ1) is 21.0. The number of rotatable bonds is 6. The van der Waals surface area contributed by atoms with Gasteiger partial charge in [0.25, 0.3) is 5.91 Å². The summed E-state index contributed by atoms with van der Waals surface area (Å²) < 4.78 is 27.7. The number of hydrogen-bond donors (Lipinski definition) is 2. The summed E-state index contributed by atoms with van der Waals surface area (Å²) >= 11 is 1.65. The fourth-order valence-corrected chi connectivity index (χ4v) is 3.95. The molecule has 27 heavy (non-hydrogen) atoms. The topological polar surface area (TPSA) is 58.2 Å².